The first kappa shape index (κ1) is 10.9. The van der Waals surface area contributed by atoms with E-state index < -0.39 is 0 Å². The average molecular weight is 230 g/mol. The monoisotopic (exact) mass is 229 g/mol. The van der Waals surface area contributed by atoms with E-state index >= 15 is 0 Å². The average Bonchev–Trinajstić information content (AvgIpc) is 2.38. The van der Waals surface area contributed by atoms with E-state index in [1.54, 1.807) is 0 Å². The van der Waals surface area contributed by atoms with Crippen LogP contribution < -0.4 is 0 Å². The number of benzene rings is 2. The summed E-state index contributed by atoms with van der Waals surface area (Å²) in [6.45, 7) is 0. The molecule has 0 unspecified atom stereocenters. The summed E-state index contributed by atoms with van der Waals surface area (Å²) in [5.74, 6) is 0.416. The minimum Gasteiger partial charge on any atom is -0.252 e. The van der Waals surface area contributed by atoms with Crippen LogP contribution in [-0.4, -0.2) is 11.6 Å². The highest BCUT2D eigenvalue weighted by Gasteiger charge is 2.00. The molecular weight excluding hydrogens is 218 g/mol. The van der Waals surface area contributed by atoms with Gasteiger partial charge in [-0.25, -0.2) is 0 Å². The summed E-state index contributed by atoms with van der Waals surface area (Å²) < 4.78 is 0. The third-order valence-corrected chi connectivity index (χ3v) is 2.51. The van der Waals surface area contributed by atoms with Crippen molar-refractivity contribution in [1.29, 1.82) is 0 Å². The minimum absolute atomic E-state index is 0.416. The summed E-state index contributed by atoms with van der Waals surface area (Å²) >= 11 is 5.92. The maximum Gasteiger partial charge on any atom is 0.0653 e. The fraction of sp³-hybridized carbons (Fsp3) is 0.0714. The quantitative estimate of drug-likeness (QED) is 0.556. The molecule has 0 atom stereocenters. The van der Waals surface area contributed by atoms with E-state index in [2.05, 4.69) is 4.99 Å². The first-order chi connectivity index (χ1) is 7.90. The lowest BCUT2D eigenvalue weighted by molar-refractivity contribution is 1.48. The molecule has 0 aromatic heterocycles. The van der Waals surface area contributed by atoms with Crippen LogP contribution in [0.3, 0.4) is 0 Å². The van der Waals surface area contributed by atoms with Crippen LogP contribution in [-0.2, 0) is 0 Å². The predicted molar refractivity (Wildman–Crippen MR) is 69.8 cm³/mol. The first-order valence-corrected chi connectivity index (χ1v) is 5.67. The van der Waals surface area contributed by atoms with Crippen LogP contribution in [0.5, 0.6) is 0 Å². The molecule has 0 aliphatic rings. The Balaban J connectivity index is 2.34. The van der Waals surface area contributed by atoms with Crippen LogP contribution in [0.4, 0.5) is 5.69 Å². The SMILES string of the molecule is ClCC(=Nc1ccccc1)c1ccccc1. The van der Waals surface area contributed by atoms with Crippen molar-refractivity contribution in [2.75, 3.05) is 5.88 Å². The zero-order valence-electron chi connectivity index (χ0n) is 8.81. The van der Waals surface area contributed by atoms with Gasteiger partial charge in [0.15, 0.2) is 0 Å². The van der Waals surface area contributed by atoms with Crippen LogP contribution in [0.2, 0.25) is 0 Å². The Morgan fingerprint density at radius 3 is 2.00 bits per heavy atom. The van der Waals surface area contributed by atoms with Gasteiger partial charge in [-0.05, 0) is 17.7 Å². The maximum absolute atomic E-state index is 5.92. The molecule has 80 valence electrons. The second kappa shape index (κ2) is 5.47. The van der Waals surface area contributed by atoms with Gasteiger partial charge in [-0.1, -0.05) is 48.5 Å². The van der Waals surface area contributed by atoms with Crippen molar-refractivity contribution < 1.29 is 0 Å². The van der Waals surface area contributed by atoms with Gasteiger partial charge >= 0.3 is 0 Å². The van der Waals surface area contributed by atoms with Crippen LogP contribution in [0.25, 0.3) is 0 Å². The molecule has 2 rings (SSSR count). The first-order valence-electron chi connectivity index (χ1n) is 5.14. The van der Waals surface area contributed by atoms with Crippen LogP contribution in [0.1, 0.15) is 5.56 Å². The van der Waals surface area contributed by atoms with Crippen molar-refractivity contribution in [1.82, 2.24) is 0 Å². The molecule has 0 aliphatic heterocycles. The van der Waals surface area contributed by atoms with Crippen LogP contribution in [0.15, 0.2) is 65.7 Å². The molecule has 0 radical (unpaired) electrons. The molecule has 2 heteroatoms. The second-order valence-electron chi connectivity index (χ2n) is 3.39. The van der Waals surface area contributed by atoms with E-state index in [4.69, 9.17) is 11.6 Å². The number of alkyl halides is 1. The summed E-state index contributed by atoms with van der Waals surface area (Å²) in [4.78, 5) is 4.53. The van der Waals surface area contributed by atoms with Crippen molar-refractivity contribution in [3.63, 3.8) is 0 Å². The van der Waals surface area contributed by atoms with Crippen LogP contribution in [0, 0.1) is 0 Å². The Morgan fingerprint density at radius 2 is 1.44 bits per heavy atom. The van der Waals surface area contributed by atoms with Gasteiger partial charge in [-0.15, -0.1) is 11.6 Å². The van der Waals surface area contributed by atoms with Gasteiger partial charge < -0.3 is 0 Å². The number of nitrogens with zero attached hydrogens (tertiary/aromatic N) is 1. The largest absolute Gasteiger partial charge is 0.252 e. The molecular formula is C14H12ClN. The number of hydrogen-bond donors (Lipinski definition) is 0. The molecule has 2 aromatic rings. The zero-order chi connectivity index (χ0) is 11.2. The van der Waals surface area contributed by atoms with Gasteiger partial charge in [0, 0.05) is 0 Å². The Labute approximate surface area is 100 Å². The van der Waals surface area contributed by atoms with E-state index in [-0.39, 0.29) is 0 Å². The standard InChI is InChI=1S/C14H12ClN/c15-11-14(12-7-3-1-4-8-12)16-13-9-5-2-6-10-13/h1-10H,11H2. The maximum atomic E-state index is 5.92. The summed E-state index contributed by atoms with van der Waals surface area (Å²) in [6, 6.07) is 19.8. The topological polar surface area (TPSA) is 12.4 Å². The van der Waals surface area contributed by atoms with Crippen molar-refractivity contribution in [2.24, 2.45) is 4.99 Å². The summed E-state index contributed by atoms with van der Waals surface area (Å²) in [7, 11) is 0. The highest BCUT2D eigenvalue weighted by atomic mass is 35.5. The third kappa shape index (κ3) is 2.71. The van der Waals surface area contributed by atoms with Crippen molar-refractivity contribution in [3.05, 3.63) is 66.2 Å². The summed E-state index contributed by atoms with van der Waals surface area (Å²) in [5, 5.41) is 0. The minimum atomic E-state index is 0.416. The molecule has 0 bridgehead atoms. The number of aliphatic imine (C=N–C) groups is 1. The molecule has 0 spiro atoms. The fourth-order valence-corrected chi connectivity index (χ4v) is 1.67. The highest BCUT2D eigenvalue weighted by Crippen LogP contribution is 2.13. The molecule has 2 aromatic carbocycles. The van der Waals surface area contributed by atoms with Gasteiger partial charge in [0.2, 0.25) is 0 Å². The number of rotatable bonds is 3. The highest BCUT2D eigenvalue weighted by molar-refractivity contribution is 6.32. The summed E-state index contributed by atoms with van der Waals surface area (Å²) in [5.41, 5.74) is 2.90. The normalized spacial score (nSPS) is 11.4. The van der Waals surface area contributed by atoms with Gasteiger partial charge in [0.05, 0.1) is 17.3 Å². The lowest BCUT2D eigenvalue weighted by Crippen LogP contribution is -2.01. The Hall–Kier alpha value is -1.60. The van der Waals surface area contributed by atoms with Gasteiger partial charge in [-0.3, -0.25) is 4.99 Å². The smallest absolute Gasteiger partial charge is 0.0653 e. The van der Waals surface area contributed by atoms with Crippen LogP contribution >= 0.6 is 11.6 Å². The number of hydrogen-bond acceptors (Lipinski definition) is 1. The van der Waals surface area contributed by atoms with E-state index in [1.165, 1.54) is 0 Å². The molecule has 0 aliphatic carbocycles. The van der Waals surface area contributed by atoms with E-state index in [1.807, 2.05) is 60.7 Å². The zero-order valence-corrected chi connectivity index (χ0v) is 9.56. The Morgan fingerprint density at radius 1 is 0.875 bits per heavy atom. The molecule has 1 nitrogen and oxygen atoms in total. The lowest BCUT2D eigenvalue weighted by Gasteiger charge is -2.02. The Bertz CT molecular complexity index is 463. The van der Waals surface area contributed by atoms with E-state index in [0.29, 0.717) is 5.88 Å². The molecule has 0 N–H and O–H groups in total. The molecule has 0 amide bonds. The number of para-hydroxylation sites is 1. The van der Waals surface area contributed by atoms with E-state index in [9.17, 15) is 0 Å². The van der Waals surface area contributed by atoms with Gasteiger partial charge in [0.1, 0.15) is 0 Å². The number of halogens is 1. The lowest BCUT2D eigenvalue weighted by atomic mass is 10.1. The van der Waals surface area contributed by atoms with Crippen molar-refractivity contribution >= 4 is 23.0 Å². The fourth-order valence-electron chi connectivity index (χ4n) is 1.46. The van der Waals surface area contributed by atoms with Crippen molar-refractivity contribution in [3.8, 4) is 0 Å². The molecule has 0 fully saturated rings. The molecule has 0 saturated heterocycles. The third-order valence-electron chi connectivity index (χ3n) is 2.25. The van der Waals surface area contributed by atoms with Gasteiger partial charge in [-0.2, -0.15) is 0 Å². The molecule has 16 heavy (non-hydrogen) atoms. The van der Waals surface area contributed by atoms with E-state index in [0.717, 1.165) is 17.0 Å². The Kier molecular flexibility index (Phi) is 3.73. The molecule has 0 saturated carbocycles. The van der Waals surface area contributed by atoms with Crippen molar-refractivity contribution in [2.45, 2.75) is 0 Å². The predicted octanol–water partition coefficient (Wildman–Crippen LogP) is 4.05. The molecule has 0 heterocycles. The van der Waals surface area contributed by atoms with Gasteiger partial charge in [0.25, 0.3) is 0 Å². The summed E-state index contributed by atoms with van der Waals surface area (Å²) in [6.07, 6.45) is 0. The second-order valence-corrected chi connectivity index (χ2v) is 3.66.